The van der Waals surface area contributed by atoms with E-state index in [0.717, 1.165) is 6.07 Å². The molecule has 0 bridgehead atoms. The summed E-state index contributed by atoms with van der Waals surface area (Å²) in [5.41, 5.74) is 14.4. The molecule has 0 saturated carbocycles. The summed E-state index contributed by atoms with van der Waals surface area (Å²) in [4.78, 5) is 14.9. The van der Waals surface area contributed by atoms with Crippen LogP contribution in [0.3, 0.4) is 0 Å². The quantitative estimate of drug-likeness (QED) is 0.497. The minimum Gasteiger partial charge on any atom is -0.508 e. The number of rotatable bonds is 3. The van der Waals surface area contributed by atoms with Gasteiger partial charge in [0.2, 0.25) is 17.1 Å². The lowest BCUT2D eigenvalue weighted by Gasteiger charge is -2.24. The van der Waals surface area contributed by atoms with E-state index in [1.165, 1.54) is 12.1 Å². The Labute approximate surface area is 140 Å². The van der Waals surface area contributed by atoms with Crippen LogP contribution in [0.1, 0.15) is 23.0 Å². The fraction of sp³-hybridized carbons (Fsp3) is 0.125. The van der Waals surface area contributed by atoms with Gasteiger partial charge in [-0.25, -0.2) is 0 Å². The number of hydrogen-bond donors (Lipinski definition) is 2. The van der Waals surface area contributed by atoms with Crippen molar-refractivity contribution in [1.82, 2.24) is 0 Å². The van der Waals surface area contributed by atoms with Crippen molar-refractivity contribution in [2.24, 2.45) is 10.8 Å². The Hall–Kier alpha value is -3.89. The number of hydrogen-bond acceptors (Lipinski definition) is 7. The molecule has 0 amide bonds. The van der Waals surface area contributed by atoms with Gasteiger partial charge < -0.3 is 20.0 Å². The van der Waals surface area contributed by atoms with E-state index in [4.69, 9.17) is 20.4 Å². The molecule has 1 aliphatic heterocycles. The van der Waals surface area contributed by atoms with Crippen LogP contribution in [-0.4, -0.2) is 5.11 Å². The number of nitriles is 1. The molecule has 1 aromatic carbocycles. The third kappa shape index (κ3) is 2.85. The van der Waals surface area contributed by atoms with Crippen molar-refractivity contribution in [2.75, 3.05) is 0 Å². The van der Waals surface area contributed by atoms with E-state index in [1.54, 1.807) is 12.1 Å². The zero-order chi connectivity index (χ0) is 18.0. The summed E-state index contributed by atoms with van der Waals surface area (Å²) in [6.45, 7) is -0.164. The van der Waals surface area contributed by atoms with Crippen LogP contribution >= 0.6 is 0 Å². The second-order valence-corrected chi connectivity index (χ2v) is 5.18. The van der Waals surface area contributed by atoms with Crippen LogP contribution in [0.25, 0.3) is 10.4 Å². The van der Waals surface area contributed by atoms with E-state index < -0.39 is 11.3 Å². The van der Waals surface area contributed by atoms with Crippen LogP contribution in [0.5, 0.6) is 11.5 Å². The molecule has 0 aliphatic carbocycles. The van der Waals surface area contributed by atoms with Crippen molar-refractivity contribution in [1.29, 1.82) is 5.26 Å². The molecule has 25 heavy (non-hydrogen) atoms. The van der Waals surface area contributed by atoms with Gasteiger partial charge in [0.1, 0.15) is 23.2 Å². The van der Waals surface area contributed by atoms with Gasteiger partial charge >= 0.3 is 0 Å². The third-order valence-electron chi connectivity index (χ3n) is 3.65. The van der Waals surface area contributed by atoms with E-state index in [0.29, 0.717) is 5.56 Å². The number of benzene rings is 1. The minimum atomic E-state index is -0.784. The summed E-state index contributed by atoms with van der Waals surface area (Å²) in [7, 11) is 0. The Bertz CT molecular complexity index is 1010. The standard InChI is InChI=1S/C16H11N5O4/c17-6-11-13(8-1-3-9(22)4-2-8)15-14(25-16(11)18)12(23)5-10(24-15)7-20-21-19/h1-5,13,22H,7,18H2. The lowest BCUT2D eigenvalue weighted by molar-refractivity contribution is 0.333. The van der Waals surface area contributed by atoms with Gasteiger partial charge in [-0.2, -0.15) is 5.26 Å². The van der Waals surface area contributed by atoms with Gasteiger partial charge in [0, 0.05) is 11.0 Å². The van der Waals surface area contributed by atoms with Crippen LogP contribution in [0, 0.1) is 11.3 Å². The molecule has 9 heteroatoms. The number of aromatic hydroxyl groups is 1. The summed E-state index contributed by atoms with van der Waals surface area (Å²) in [6.07, 6.45) is 0. The summed E-state index contributed by atoms with van der Waals surface area (Å²) in [5.74, 6) is -0.834. The summed E-state index contributed by atoms with van der Waals surface area (Å²) in [5, 5.41) is 22.3. The Kier molecular flexibility index (Phi) is 4.04. The van der Waals surface area contributed by atoms with Crippen molar-refractivity contribution >= 4 is 0 Å². The van der Waals surface area contributed by atoms with E-state index in [1.807, 2.05) is 6.07 Å². The lowest BCUT2D eigenvalue weighted by Crippen LogP contribution is -2.25. The number of phenolic OH excluding ortho intramolecular Hbond substituents is 1. The first-order chi connectivity index (χ1) is 12.0. The Morgan fingerprint density at radius 3 is 2.76 bits per heavy atom. The number of nitrogens with zero attached hydrogens (tertiary/aromatic N) is 4. The molecule has 0 saturated heterocycles. The first-order valence-electron chi connectivity index (χ1n) is 7.09. The number of fused-ring (bicyclic) bond motifs is 1. The Balaban J connectivity index is 2.24. The van der Waals surface area contributed by atoms with Gasteiger partial charge in [0.25, 0.3) is 0 Å². The van der Waals surface area contributed by atoms with Crippen molar-refractivity contribution < 1.29 is 14.3 Å². The van der Waals surface area contributed by atoms with E-state index in [9.17, 15) is 15.2 Å². The number of phenols is 1. The maximum atomic E-state index is 12.3. The molecular weight excluding hydrogens is 326 g/mol. The lowest BCUT2D eigenvalue weighted by atomic mass is 9.87. The fourth-order valence-electron chi connectivity index (χ4n) is 2.56. The first kappa shape index (κ1) is 16.0. The summed E-state index contributed by atoms with van der Waals surface area (Å²) >= 11 is 0. The summed E-state index contributed by atoms with van der Waals surface area (Å²) < 4.78 is 10.9. The van der Waals surface area contributed by atoms with Gasteiger partial charge in [-0.3, -0.25) is 4.79 Å². The average molecular weight is 337 g/mol. The molecule has 1 unspecified atom stereocenters. The molecule has 9 nitrogen and oxygen atoms in total. The molecule has 2 aromatic rings. The van der Waals surface area contributed by atoms with Gasteiger partial charge in [-0.15, -0.1) is 0 Å². The van der Waals surface area contributed by atoms with Gasteiger partial charge in [0.05, 0.1) is 12.5 Å². The molecule has 124 valence electrons. The van der Waals surface area contributed by atoms with Gasteiger partial charge in [0.15, 0.2) is 5.76 Å². The number of azide groups is 1. The molecule has 0 spiro atoms. The SMILES string of the molecule is N#CC1=C(N)Oc2c(oc(CN=[N+]=[N-])cc2=O)C1c1ccc(O)cc1. The van der Waals surface area contributed by atoms with E-state index in [-0.39, 0.29) is 41.0 Å². The Morgan fingerprint density at radius 2 is 2.12 bits per heavy atom. The van der Waals surface area contributed by atoms with Crippen molar-refractivity contribution in [3.05, 3.63) is 79.5 Å². The predicted molar refractivity (Wildman–Crippen MR) is 85.2 cm³/mol. The van der Waals surface area contributed by atoms with Crippen molar-refractivity contribution in [3.8, 4) is 17.6 Å². The predicted octanol–water partition coefficient (Wildman–Crippen LogP) is 2.37. The van der Waals surface area contributed by atoms with Crippen LogP contribution in [0.2, 0.25) is 0 Å². The first-order valence-corrected chi connectivity index (χ1v) is 7.09. The number of ether oxygens (including phenoxy) is 1. The highest BCUT2D eigenvalue weighted by Gasteiger charge is 2.35. The largest absolute Gasteiger partial charge is 0.508 e. The molecule has 1 atom stereocenters. The number of nitrogens with two attached hydrogens (primary N) is 1. The molecular formula is C16H11N5O4. The van der Waals surface area contributed by atoms with Gasteiger partial charge in [-0.05, 0) is 23.2 Å². The zero-order valence-corrected chi connectivity index (χ0v) is 12.7. The van der Waals surface area contributed by atoms with Crippen LogP contribution in [-0.2, 0) is 6.54 Å². The number of allylic oxidation sites excluding steroid dienone is 1. The van der Waals surface area contributed by atoms with Crippen LogP contribution in [0.15, 0.2) is 56.1 Å². The van der Waals surface area contributed by atoms with Crippen molar-refractivity contribution in [2.45, 2.75) is 12.5 Å². The topological polar surface area (TPSA) is 158 Å². The van der Waals surface area contributed by atoms with Crippen LogP contribution < -0.4 is 15.9 Å². The van der Waals surface area contributed by atoms with Crippen LogP contribution in [0.4, 0.5) is 0 Å². The van der Waals surface area contributed by atoms with Gasteiger partial charge in [-0.1, -0.05) is 17.2 Å². The molecule has 1 aromatic heterocycles. The highest BCUT2D eigenvalue weighted by atomic mass is 16.5. The van der Waals surface area contributed by atoms with Crippen molar-refractivity contribution in [3.63, 3.8) is 0 Å². The molecule has 0 radical (unpaired) electrons. The zero-order valence-electron chi connectivity index (χ0n) is 12.7. The average Bonchev–Trinajstić information content (AvgIpc) is 2.60. The highest BCUT2D eigenvalue weighted by molar-refractivity contribution is 5.52. The van der Waals surface area contributed by atoms with E-state index >= 15 is 0 Å². The monoisotopic (exact) mass is 337 g/mol. The maximum absolute atomic E-state index is 12.3. The van der Waals surface area contributed by atoms with E-state index in [2.05, 4.69) is 10.0 Å². The smallest absolute Gasteiger partial charge is 0.228 e. The molecule has 3 N–H and O–H groups in total. The highest BCUT2D eigenvalue weighted by Crippen LogP contribution is 2.41. The summed E-state index contributed by atoms with van der Waals surface area (Å²) in [6, 6.07) is 9.16. The molecule has 3 rings (SSSR count). The second-order valence-electron chi connectivity index (χ2n) is 5.18. The minimum absolute atomic E-state index is 0.0463. The third-order valence-corrected chi connectivity index (χ3v) is 3.65. The normalized spacial score (nSPS) is 15.6. The fourth-order valence-corrected chi connectivity index (χ4v) is 2.56. The molecule has 0 fully saturated rings. The molecule has 1 aliphatic rings. The maximum Gasteiger partial charge on any atom is 0.228 e. The molecule has 2 heterocycles. The Morgan fingerprint density at radius 1 is 1.40 bits per heavy atom. The second kappa shape index (κ2) is 6.31.